The first-order valence-electron chi connectivity index (χ1n) is 9.51. The van der Waals surface area contributed by atoms with Gasteiger partial charge in [-0.05, 0) is 37.3 Å². The van der Waals surface area contributed by atoms with Crippen molar-refractivity contribution in [1.82, 2.24) is 14.8 Å². The molecule has 0 fully saturated rings. The molecule has 11 heteroatoms. The van der Waals surface area contributed by atoms with E-state index >= 15 is 0 Å². The van der Waals surface area contributed by atoms with Crippen LogP contribution in [0, 0.1) is 6.92 Å². The van der Waals surface area contributed by atoms with Crippen LogP contribution >= 0.6 is 46.1 Å². The first-order chi connectivity index (χ1) is 15.7. The zero-order valence-electron chi connectivity index (χ0n) is 17.0. The Morgan fingerprint density at radius 2 is 1.79 bits per heavy atom. The topological polar surface area (TPSA) is 97.1 Å². The number of carboxylic acid groups (broad SMARTS) is 1. The summed E-state index contributed by atoms with van der Waals surface area (Å²) in [6.45, 7) is 1.78. The number of rotatable bonds is 6. The van der Waals surface area contributed by atoms with Crippen molar-refractivity contribution in [3.05, 3.63) is 79.9 Å². The van der Waals surface area contributed by atoms with E-state index in [4.69, 9.17) is 39.9 Å². The van der Waals surface area contributed by atoms with Crippen LogP contribution in [0.2, 0.25) is 15.1 Å². The smallest absolute Gasteiger partial charge is 0.309 e. The van der Waals surface area contributed by atoms with Crippen molar-refractivity contribution in [2.24, 2.45) is 0 Å². The molecule has 2 N–H and O–H groups in total. The van der Waals surface area contributed by atoms with Gasteiger partial charge in [-0.25, -0.2) is 9.67 Å². The summed E-state index contributed by atoms with van der Waals surface area (Å²) in [7, 11) is 0. The predicted molar refractivity (Wildman–Crippen MR) is 130 cm³/mol. The second kappa shape index (κ2) is 9.52. The van der Waals surface area contributed by atoms with Crippen molar-refractivity contribution in [2.45, 2.75) is 13.3 Å². The Bertz CT molecular complexity index is 1370. The number of carbonyl (C=O) groups is 2. The molecule has 0 atom stereocenters. The third kappa shape index (κ3) is 5.04. The monoisotopic (exact) mass is 520 g/mol. The van der Waals surface area contributed by atoms with Crippen molar-refractivity contribution in [3.63, 3.8) is 0 Å². The van der Waals surface area contributed by atoms with Crippen LogP contribution in [0.4, 0.5) is 5.13 Å². The highest BCUT2D eigenvalue weighted by Gasteiger charge is 2.24. The number of anilines is 1. The number of thiazole rings is 1. The van der Waals surface area contributed by atoms with Crippen LogP contribution in [0.25, 0.3) is 16.9 Å². The van der Waals surface area contributed by atoms with Crippen LogP contribution in [0.3, 0.4) is 0 Å². The molecule has 33 heavy (non-hydrogen) atoms. The van der Waals surface area contributed by atoms with Crippen LogP contribution < -0.4 is 5.32 Å². The van der Waals surface area contributed by atoms with Crippen LogP contribution in [0.5, 0.6) is 0 Å². The summed E-state index contributed by atoms with van der Waals surface area (Å²) in [5.41, 5.74) is 3.13. The number of nitrogens with one attached hydrogen (secondary N) is 1. The Balaban J connectivity index is 1.77. The highest BCUT2D eigenvalue weighted by molar-refractivity contribution is 7.14. The van der Waals surface area contributed by atoms with E-state index in [1.807, 2.05) is 12.1 Å². The number of nitrogens with zero attached hydrogens (tertiary/aromatic N) is 3. The fourth-order valence-corrected chi connectivity index (χ4v) is 4.56. The number of carbonyl (C=O) groups excluding carboxylic acids is 1. The van der Waals surface area contributed by atoms with E-state index in [0.29, 0.717) is 37.7 Å². The summed E-state index contributed by atoms with van der Waals surface area (Å²) in [5, 5.41) is 19.4. The minimum absolute atomic E-state index is 0.168. The molecule has 4 rings (SSSR count). The summed E-state index contributed by atoms with van der Waals surface area (Å²) in [5.74, 6) is -1.48. The van der Waals surface area contributed by atoms with Crippen LogP contribution in [-0.2, 0) is 11.2 Å². The number of aliphatic carboxylic acids is 1. The molecular formula is C22H15Cl3N4O3S. The quantitative estimate of drug-likeness (QED) is 0.317. The highest BCUT2D eigenvalue weighted by Crippen LogP contribution is 2.33. The number of hydrogen-bond donors (Lipinski definition) is 2. The van der Waals surface area contributed by atoms with Gasteiger partial charge in [-0.3, -0.25) is 14.9 Å². The number of aromatic nitrogens is 3. The van der Waals surface area contributed by atoms with Crippen LogP contribution in [-0.4, -0.2) is 31.7 Å². The lowest BCUT2D eigenvalue weighted by Crippen LogP contribution is -2.14. The minimum Gasteiger partial charge on any atom is -0.481 e. The minimum atomic E-state index is -1.000. The molecule has 0 aliphatic heterocycles. The van der Waals surface area contributed by atoms with Gasteiger partial charge in [0.15, 0.2) is 10.8 Å². The molecule has 168 valence electrons. The van der Waals surface area contributed by atoms with Gasteiger partial charge in [0.1, 0.15) is 0 Å². The highest BCUT2D eigenvalue weighted by atomic mass is 35.5. The maximum Gasteiger partial charge on any atom is 0.309 e. The summed E-state index contributed by atoms with van der Waals surface area (Å²) in [6, 6.07) is 12.1. The maximum atomic E-state index is 13.1. The molecule has 7 nitrogen and oxygen atoms in total. The van der Waals surface area contributed by atoms with Gasteiger partial charge in [0.25, 0.3) is 5.91 Å². The number of amides is 1. The molecule has 0 spiro atoms. The normalized spacial score (nSPS) is 10.9. The Kier molecular flexibility index (Phi) is 6.71. The summed E-state index contributed by atoms with van der Waals surface area (Å²) in [4.78, 5) is 28.1. The van der Waals surface area contributed by atoms with E-state index < -0.39 is 11.9 Å². The van der Waals surface area contributed by atoms with Crippen LogP contribution in [0.15, 0.2) is 47.8 Å². The molecule has 0 radical (unpaired) electrons. The molecule has 2 heterocycles. The number of benzene rings is 2. The van der Waals surface area contributed by atoms with Gasteiger partial charge in [0.2, 0.25) is 0 Å². The second-order valence-corrected chi connectivity index (χ2v) is 9.14. The van der Waals surface area contributed by atoms with E-state index in [0.717, 1.165) is 16.9 Å². The number of halogens is 3. The van der Waals surface area contributed by atoms with E-state index in [9.17, 15) is 9.59 Å². The molecule has 0 aliphatic rings. The van der Waals surface area contributed by atoms with Crippen LogP contribution in [0.1, 0.15) is 21.7 Å². The lowest BCUT2D eigenvalue weighted by Gasteiger charge is -2.11. The average Bonchev–Trinajstić information content (AvgIpc) is 3.32. The lowest BCUT2D eigenvalue weighted by molar-refractivity contribution is -0.136. The van der Waals surface area contributed by atoms with Gasteiger partial charge >= 0.3 is 5.97 Å². The zero-order chi connectivity index (χ0) is 23.7. The maximum absolute atomic E-state index is 13.1. The molecule has 0 unspecified atom stereocenters. The fourth-order valence-electron chi connectivity index (χ4n) is 3.24. The molecule has 0 saturated heterocycles. The second-order valence-electron chi connectivity index (χ2n) is 7.01. The van der Waals surface area contributed by atoms with E-state index in [-0.39, 0.29) is 17.2 Å². The molecule has 2 aromatic heterocycles. The molecule has 0 aliphatic carbocycles. The van der Waals surface area contributed by atoms with E-state index in [1.54, 1.807) is 47.3 Å². The molecular weight excluding hydrogens is 507 g/mol. The summed E-state index contributed by atoms with van der Waals surface area (Å²) in [6.07, 6.45) is -0.226. The largest absolute Gasteiger partial charge is 0.481 e. The molecule has 4 aromatic rings. The van der Waals surface area contributed by atoms with Gasteiger partial charge in [0.05, 0.1) is 28.5 Å². The Morgan fingerprint density at radius 1 is 1.09 bits per heavy atom. The van der Waals surface area contributed by atoms with Crippen molar-refractivity contribution < 1.29 is 14.7 Å². The fraction of sp³-hybridized carbons (Fsp3) is 0.0909. The van der Waals surface area contributed by atoms with Crippen molar-refractivity contribution in [3.8, 4) is 16.9 Å². The average molecular weight is 522 g/mol. The molecule has 0 saturated carbocycles. The van der Waals surface area contributed by atoms with Gasteiger partial charge in [-0.1, -0.05) is 46.9 Å². The zero-order valence-corrected chi connectivity index (χ0v) is 20.1. The van der Waals surface area contributed by atoms with Crippen molar-refractivity contribution >= 4 is 63.1 Å². The lowest BCUT2D eigenvalue weighted by atomic mass is 10.1. The Morgan fingerprint density at radius 3 is 2.45 bits per heavy atom. The van der Waals surface area contributed by atoms with Crippen molar-refractivity contribution in [2.75, 3.05) is 5.32 Å². The van der Waals surface area contributed by atoms with Gasteiger partial charge in [-0.15, -0.1) is 11.3 Å². The van der Waals surface area contributed by atoms with E-state index in [2.05, 4.69) is 15.4 Å². The summed E-state index contributed by atoms with van der Waals surface area (Å²) >= 11 is 19.7. The standard InChI is InChI=1S/C22H15Cl3N4O3S/c1-11-19(21(32)27-22-26-15(10-33-22)9-18(30)31)28-29(17-7-6-14(24)8-16(17)25)20(11)12-2-4-13(23)5-3-12/h2-8,10H,9H2,1H3,(H,30,31)(H,26,27,32). The first-order valence-corrected chi connectivity index (χ1v) is 11.5. The van der Waals surface area contributed by atoms with Gasteiger partial charge < -0.3 is 5.11 Å². The van der Waals surface area contributed by atoms with Gasteiger partial charge in [0, 0.05) is 26.6 Å². The number of hydrogen-bond acceptors (Lipinski definition) is 5. The third-order valence-corrected chi connectivity index (χ3v) is 6.29. The molecule has 0 bridgehead atoms. The predicted octanol–water partition coefficient (Wildman–Crippen LogP) is 6.14. The Labute approximate surface area is 207 Å². The molecule has 1 amide bonds. The Hall–Kier alpha value is -2.91. The summed E-state index contributed by atoms with van der Waals surface area (Å²) < 4.78 is 1.59. The van der Waals surface area contributed by atoms with E-state index in [1.165, 1.54) is 0 Å². The van der Waals surface area contributed by atoms with Crippen molar-refractivity contribution in [1.29, 1.82) is 0 Å². The SMILES string of the molecule is Cc1c(C(=O)Nc2nc(CC(=O)O)cs2)nn(-c2ccc(Cl)cc2Cl)c1-c1ccc(Cl)cc1. The third-order valence-electron chi connectivity index (χ3n) is 4.70. The number of carboxylic acids is 1. The molecule has 2 aromatic carbocycles. The van der Waals surface area contributed by atoms with Gasteiger partial charge in [-0.2, -0.15) is 5.10 Å². The first kappa shape index (κ1) is 23.3.